The van der Waals surface area contributed by atoms with Crippen LogP contribution in [0.25, 0.3) is 0 Å². The Morgan fingerprint density at radius 3 is 2.24 bits per heavy atom. The van der Waals surface area contributed by atoms with E-state index in [1.165, 1.54) is 11.1 Å². The summed E-state index contributed by atoms with van der Waals surface area (Å²) in [5.74, 6) is -0.802. The first kappa shape index (κ1) is 13.7. The summed E-state index contributed by atoms with van der Waals surface area (Å²) in [5, 5.41) is 12.3. The van der Waals surface area contributed by atoms with Crippen LogP contribution >= 0.6 is 0 Å². The van der Waals surface area contributed by atoms with Crippen LogP contribution in [-0.2, 0) is 11.3 Å². The highest BCUT2D eigenvalue weighted by molar-refractivity contribution is 5.78. The van der Waals surface area contributed by atoms with Crippen LogP contribution in [0, 0.1) is 13.8 Å². The quantitative estimate of drug-likeness (QED) is 0.825. The summed E-state index contributed by atoms with van der Waals surface area (Å²) >= 11 is 0. The minimum atomic E-state index is -0.850. The SMILES string of the molecule is CCC(C)(NCc1cc(C)cc(C)c1)C(=O)O. The van der Waals surface area contributed by atoms with E-state index < -0.39 is 11.5 Å². The monoisotopic (exact) mass is 235 g/mol. The van der Waals surface area contributed by atoms with E-state index >= 15 is 0 Å². The molecule has 94 valence electrons. The molecule has 1 rings (SSSR count). The van der Waals surface area contributed by atoms with Crippen molar-refractivity contribution in [1.29, 1.82) is 0 Å². The average molecular weight is 235 g/mol. The highest BCUT2D eigenvalue weighted by atomic mass is 16.4. The number of hydrogen-bond acceptors (Lipinski definition) is 2. The average Bonchev–Trinajstić information content (AvgIpc) is 2.24. The van der Waals surface area contributed by atoms with Crippen molar-refractivity contribution in [3.63, 3.8) is 0 Å². The second-order valence-corrected chi connectivity index (χ2v) is 4.84. The molecule has 1 aromatic rings. The molecule has 3 nitrogen and oxygen atoms in total. The fourth-order valence-corrected chi connectivity index (χ4v) is 1.82. The molecule has 0 amide bonds. The van der Waals surface area contributed by atoms with Gasteiger partial charge in [0.05, 0.1) is 0 Å². The Labute approximate surface area is 103 Å². The summed E-state index contributed by atoms with van der Waals surface area (Å²) in [6.45, 7) is 8.28. The number of carbonyl (C=O) groups is 1. The van der Waals surface area contributed by atoms with Crippen molar-refractivity contribution in [2.45, 2.75) is 46.2 Å². The molecular formula is C14H21NO2. The van der Waals surface area contributed by atoms with Crippen LogP contribution in [0.4, 0.5) is 0 Å². The van der Waals surface area contributed by atoms with Gasteiger partial charge in [0, 0.05) is 6.54 Å². The molecular weight excluding hydrogens is 214 g/mol. The van der Waals surface area contributed by atoms with Crippen molar-refractivity contribution < 1.29 is 9.90 Å². The number of nitrogens with one attached hydrogen (secondary N) is 1. The fourth-order valence-electron chi connectivity index (χ4n) is 1.82. The van der Waals surface area contributed by atoms with Gasteiger partial charge in [0.25, 0.3) is 0 Å². The van der Waals surface area contributed by atoms with Crippen LogP contribution in [0.1, 0.15) is 37.0 Å². The molecule has 1 atom stereocenters. The molecule has 2 N–H and O–H groups in total. The van der Waals surface area contributed by atoms with Crippen molar-refractivity contribution in [1.82, 2.24) is 5.32 Å². The van der Waals surface area contributed by atoms with Crippen molar-refractivity contribution in [2.75, 3.05) is 0 Å². The van der Waals surface area contributed by atoms with Crippen LogP contribution in [0.5, 0.6) is 0 Å². The van der Waals surface area contributed by atoms with Crippen LogP contribution in [0.2, 0.25) is 0 Å². The van der Waals surface area contributed by atoms with E-state index in [-0.39, 0.29) is 0 Å². The van der Waals surface area contributed by atoms with E-state index in [1.807, 2.05) is 20.8 Å². The van der Waals surface area contributed by atoms with E-state index in [1.54, 1.807) is 6.92 Å². The lowest BCUT2D eigenvalue weighted by Gasteiger charge is -2.24. The summed E-state index contributed by atoms with van der Waals surface area (Å²) in [5.41, 5.74) is 2.69. The second-order valence-electron chi connectivity index (χ2n) is 4.84. The molecule has 0 fully saturated rings. The molecule has 0 aliphatic rings. The number of carboxylic acid groups (broad SMARTS) is 1. The highest BCUT2D eigenvalue weighted by Crippen LogP contribution is 2.13. The topological polar surface area (TPSA) is 49.3 Å². The summed E-state index contributed by atoms with van der Waals surface area (Å²) in [6, 6.07) is 6.27. The Bertz CT molecular complexity index is 394. The Hall–Kier alpha value is -1.35. The summed E-state index contributed by atoms with van der Waals surface area (Å²) in [6.07, 6.45) is 0.563. The molecule has 0 aliphatic carbocycles. The van der Waals surface area contributed by atoms with Gasteiger partial charge < -0.3 is 5.11 Å². The third-order valence-corrected chi connectivity index (χ3v) is 3.14. The van der Waals surface area contributed by atoms with Crippen molar-refractivity contribution >= 4 is 5.97 Å². The lowest BCUT2D eigenvalue weighted by molar-refractivity contribution is -0.144. The molecule has 0 aromatic heterocycles. The van der Waals surface area contributed by atoms with Gasteiger partial charge in [-0.05, 0) is 32.8 Å². The Kier molecular flexibility index (Phi) is 4.29. The largest absolute Gasteiger partial charge is 0.480 e. The summed E-state index contributed by atoms with van der Waals surface area (Å²) < 4.78 is 0. The summed E-state index contributed by atoms with van der Waals surface area (Å²) in [7, 11) is 0. The first-order valence-electron chi connectivity index (χ1n) is 5.93. The predicted molar refractivity (Wildman–Crippen MR) is 69.1 cm³/mol. The normalized spacial score (nSPS) is 14.4. The molecule has 0 radical (unpaired) electrons. The smallest absolute Gasteiger partial charge is 0.323 e. The van der Waals surface area contributed by atoms with Gasteiger partial charge in [0.1, 0.15) is 5.54 Å². The summed E-state index contributed by atoms with van der Waals surface area (Å²) in [4.78, 5) is 11.1. The predicted octanol–water partition coefficient (Wildman–Crippen LogP) is 2.65. The Balaban J connectivity index is 2.76. The van der Waals surface area contributed by atoms with E-state index in [2.05, 4.69) is 23.5 Å². The van der Waals surface area contributed by atoms with Gasteiger partial charge in [0.2, 0.25) is 0 Å². The number of benzene rings is 1. The van der Waals surface area contributed by atoms with Crippen molar-refractivity contribution in [2.24, 2.45) is 0 Å². The lowest BCUT2D eigenvalue weighted by Crippen LogP contribution is -2.48. The molecule has 1 unspecified atom stereocenters. The van der Waals surface area contributed by atoms with E-state index in [9.17, 15) is 4.79 Å². The standard InChI is InChI=1S/C14H21NO2/c1-5-14(4,13(16)17)15-9-12-7-10(2)6-11(3)8-12/h6-8,15H,5,9H2,1-4H3,(H,16,17). The van der Waals surface area contributed by atoms with Crippen molar-refractivity contribution in [3.8, 4) is 0 Å². The van der Waals surface area contributed by atoms with E-state index in [4.69, 9.17) is 5.11 Å². The van der Waals surface area contributed by atoms with Crippen LogP contribution in [0.15, 0.2) is 18.2 Å². The van der Waals surface area contributed by atoms with Gasteiger partial charge in [-0.15, -0.1) is 0 Å². The number of hydrogen-bond donors (Lipinski definition) is 2. The number of aliphatic carboxylic acids is 1. The molecule has 0 saturated carbocycles. The van der Waals surface area contributed by atoms with Gasteiger partial charge in [-0.1, -0.05) is 36.2 Å². The Morgan fingerprint density at radius 1 is 1.29 bits per heavy atom. The van der Waals surface area contributed by atoms with Crippen molar-refractivity contribution in [3.05, 3.63) is 34.9 Å². The molecule has 3 heteroatoms. The van der Waals surface area contributed by atoms with E-state index in [0.717, 1.165) is 5.56 Å². The third kappa shape index (κ3) is 3.56. The zero-order valence-electron chi connectivity index (χ0n) is 11.0. The highest BCUT2D eigenvalue weighted by Gasteiger charge is 2.29. The molecule has 17 heavy (non-hydrogen) atoms. The van der Waals surface area contributed by atoms with Gasteiger partial charge in [-0.25, -0.2) is 0 Å². The minimum absolute atomic E-state index is 0.563. The van der Waals surface area contributed by atoms with Crippen LogP contribution in [-0.4, -0.2) is 16.6 Å². The van der Waals surface area contributed by atoms with Gasteiger partial charge in [-0.2, -0.15) is 0 Å². The molecule has 0 spiro atoms. The molecule has 0 heterocycles. The number of aryl methyl sites for hydroxylation is 2. The van der Waals surface area contributed by atoms with Crippen LogP contribution in [0.3, 0.4) is 0 Å². The second kappa shape index (κ2) is 5.32. The van der Waals surface area contributed by atoms with Gasteiger partial charge >= 0.3 is 5.97 Å². The van der Waals surface area contributed by atoms with E-state index in [0.29, 0.717) is 13.0 Å². The zero-order valence-corrected chi connectivity index (χ0v) is 11.0. The Morgan fingerprint density at radius 2 is 1.82 bits per heavy atom. The maximum atomic E-state index is 11.1. The minimum Gasteiger partial charge on any atom is -0.480 e. The third-order valence-electron chi connectivity index (χ3n) is 3.14. The van der Waals surface area contributed by atoms with Gasteiger partial charge in [-0.3, -0.25) is 10.1 Å². The molecule has 1 aromatic carbocycles. The fraction of sp³-hybridized carbons (Fsp3) is 0.500. The first-order chi connectivity index (χ1) is 7.87. The first-order valence-corrected chi connectivity index (χ1v) is 5.93. The molecule has 0 saturated heterocycles. The van der Waals surface area contributed by atoms with Gasteiger partial charge in [0.15, 0.2) is 0 Å². The molecule has 0 aliphatic heterocycles. The maximum absolute atomic E-state index is 11.1. The number of rotatable bonds is 5. The number of carboxylic acids is 1. The molecule has 0 bridgehead atoms. The van der Waals surface area contributed by atoms with Crippen LogP contribution < -0.4 is 5.32 Å². The maximum Gasteiger partial charge on any atom is 0.323 e. The zero-order chi connectivity index (χ0) is 13.1. The lowest BCUT2D eigenvalue weighted by atomic mass is 9.98.